The van der Waals surface area contributed by atoms with Crippen LogP contribution >= 0.6 is 0 Å². The predicted molar refractivity (Wildman–Crippen MR) is 99.8 cm³/mol. The van der Waals surface area contributed by atoms with Crippen LogP contribution in [0, 0.1) is 0 Å². The minimum absolute atomic E-state index is 0.177. The van der Waals surface area contributed by atoms with Crippen LogP contribution in [0.15, 0.2) is 76.7 Å². The van der Waals surface area contributed by atoms with Gasteiger partial charge in [-0.25, -0.2) is 15.0 Å². The molecule has 1 aromatic heterocycles. The lowest BCUT2D eigenvalue weighted by Gasteiger charge is -2.02. The summed E-state index contributed by atoms with van der Waals surface area (Å²) in [5.41, 5.74) is 1.50. The fraction of sp³-hybridized carbons (Fsp3) is 0.0500. The number of benzene rings is 2. The highest BCUT2D eigenvalue weighted by Crippen LogP contribution is 2.19. The van der Waals surface area contributed by atoms with Gasteiger partial charge in [-0.05, 0) is 36.4 Å². The van der Waals surface area contributed by atoms with Gasteiger partial charge in [-0.1, -0.05) is 30.3 Å². The maximum atomic E-state index is 9.76. The molecule has 124 valence electrons. The first-order valence-corrected chi connectivity index (χ1v) is 7.72. The summed E-state index contributed by atoms with van der Waals surface area (Å²) < 4.78 is 5.30. The molecule has 2 aromatic carbocycles. The number of rotatable bonds is 5. The zero-order valence-electron chi connectivity index (χ0n) is 13.7. The third-order valence-corrected chi connectivity index (χ3v) is 3.47. The number of phenols is 1. The fourth-order valence-electron chi connectivity index (χ4n) is 2.20. The van der Waals surface area contributed by atoms with Gasteiger partial charge in [0.15, 0.2) is 11.6 Å². The lowest BCUT2D eigenvalue weighted by Crippen LogP contribution is -1.89. The lowest BCUT2D eigenvalue weighted by molar-refractivity contribution is 0.414. The molecular formula is C20H17N3O2. The first-order chi connectivity index (χ1) is 12.3. The quantitative estimate of drug-likeness (QED) is 0.709. The Morgan fingerprint density at radius 1 is 0.800 bits per heavy atom. The van der Waals surface area contributed by atoms with Crippen LogP contribution in [0.3, 0.4) is 0 Å². The summed E-state index contributed by atoms with van der Waals surface area (Å²) in [6, 6.07) is 20.0. The first kappa shape index (κ1) is 16.4. The monoisotopic (exact) mass is 331 g/mol. The van der Waals surface area contributed by atoms with E-state index in [0.717, 1.165) is 11.3 Å². The number of aliphatic imine (C=N–C) groups is 2. The van der Waals surface area contributed by atoms with Gasteiger partial charge in [-0.2, -0.15) is 0 Å². The van der Waals surface area contributed by atoms with E-state index in [1.54, 1.807) is 49.9 Å². The molecule has 0 unspecified atom stereocenters. The van der Waals surface area contributed by atoms with Gasteiger partial charge < -0.3 is 9.84 Å². The maximum Gasteiger partial charge on any atom is 0.154 e. The summed E-state index contributed by atoms with van der Waals surface area (Å²) in [4.78, 5) is 13.0. The van der Waals surface area contributed by atoms with Crippen molar-refractivity contribution in [1.29, 1.82) is 0 Å². The van der Waals surface area contributed by atoms with Crippen molar-refractivity contribution in [2.45, 2.75) is 0 Å². The molecule has 5 nitrogen and oxygen atoms in total. The zero-order chi connectivity index (χ0) is 17.5. The van der Waals surface area contributed by atoms with E-state index in [1.807, 2.05) is 36.4 Å². The Hall–Kier alpha value is -3.47. The van der Waals surface area contributed by atoms with Crippen LogP contribution in [0.2, 0.25) is 0 Å². The van der Waals surface area contributed by atoms with Gasteiger partial charge in [0.05, 0.1) is 7.11 Å². The standard InChI is InChI=1S/C20H17N3O2/c1-25-18-10-5-3-8-16(18)14-22-20-12-6-11-19(23-20)21-13-15-7-2-4-9-17(15)24/h2-14,24H,1H3. The van der Waals surface area contributed by atoms with Gasteiger partial charge in [-0.15, -0.1) is 0 Å². The SMILES string of the molecule is COc1ccccc1C=Nc1cccc(N=Cc2ccccc2O)n1. The molecule has 0 bridgehead atoms. The summed E-state index contributed by atoms with van der Waals surface area (Å²) in [6.45, 7) is 0. The number of para-hydroxylation sites is 2. The molecule has 0 aliphatic heterocycles. The summed E-state index contributed by atoms with van der Waals surface area (Å²) in [5.74, 6) is 1.98. The molecule has 0 radical (unpaired) electrons. The third kappa shape index (κ3) is 4.29. The van der Waals surface area contributed by atoms with Crippen molar-refractivity contribution in [2.24, 2.45) is 9.98 Å². The van der Waals surface area contributed by atoms with Crippen molar-refractivity contribution in [1.82, 2.24) is 4.98 Å². The summed E-state index contributed by atoms with van der Waals surface area (Å²) in [6.07, 6.45) is 3.28. The smallest absolute Gasteiger partial charge is 0.154 e. The number of phenolic OH excluding ortho intramolecular Hbond substituents is 1. The molecule has 0 aliphatic rings. The highest BCUT2D eigenvalue weighted by atomic mass is 16.5. The second kappa shape index (κ2) is 7.88. The minimum atomic E-state index is 0.177. The van der Waals surface area contributed by atoms with Crippen LogP contribution in [0.25, 0.3) is 0 Å². The van der Waals surface area contributed by atoms with Gasteiger partial charge in [0, 0.05) is 23.6 Å². The van der Waals surface area contributed by atoms with Crippen molar-refractivity contribution in [2.75, 3.05) is 7.11 Å². The molecule has 1 N–H and O–H groups in total. The molecule has 0 spiro atoms. The van der Waals surface area contributed by atoms with Crippen LogP contribution in [0.5, 0.6) is 11.5 Å². The molecule has 0 aliphatic carbocycles. The Morgan fingerprint density at radius 2 is 1.40 bits per heavy atom. The normalized spacial score (nSPS) is 11.2. The number of aromatic hydroxyl groups is 1. The van der Waals surface area contributed by atoms with Gasteiger partial charge in [0.2, 0.25) is 0 Å². The summed E-state index contributed by atoms with van der Waals surface area (Å²) in [5, 5.41) is 9.76. The Balaban J connectivity index is 1.80. The number of hydrogen-bond acceptors (Lipinski definition) is 5. The van der Waals surface area contributed by atoms with E-state index < -0.39 is 0 Å². The van der Waals surface area contributed by atoms with Crippen LogP contribution < -0.4 is 4.74 Å². The Kier molecular flexibility index (Phi) is 5.16. The molecule has 0 saturated carbocycles. The van der Waals surface area contributed by atoms with Crippen LogP contribution in [-0.4, -0.2) is 29.6 Å². The van der Waals surface area contributed by atoms with Crippen LogP contribution in [0.1, 0.15) is 11.1 Å². The van der Waals surface area contributed by atoms with Crippen LogP contribution in [0.4, 0.5) is 11.6 Å². The molecule has 0 saturated heterocycles. The van der Waals surface area contributed by atoms with E-state index in [2.05, 4.69) is 15.0 Å². The number of ether oxygens (including phenoxy) is 1. The molecule has 0 atom stereocenters. The van der Waals surface area contributed by atoms with Crippen molar-refractivity contribution in [3.8, 4) is 11.5 Å². The van der Waals surface area contributed by atoms with Gasteiger partial charge >= 0.3 is 0 Å². The molecule has 25 heavy (non-hydrogen) atoms. The molecular weight excluding hydrogens is 314 g/mol. The van der Waals surface area contributed by atoms with Crippen molar-refractivity contribution in [3.63, 3.8) is 0 Å². The highest BCUT2D eigenvalue weighted by Gasteiger charge is 1.99. The maximum absolute atomic E-state index is 9.76. The number of nitrogens with zero attached hydrogens (tertiary/aromatic N) is 3. The Morgan fingerprint density at radius 3 is 2.08 bits per heavy atom. The average Bonchev–Trinajstić information content (AvgIpc) is 2.66. The number of hydrogen-bond donors (Lipinski definition) is 1. The third-order valence-electron chi connectivity index (χ3n) is 3.47. The molecule has 5 heteroatoms. The minimum Gasteiger partial charge on any atom is -0.507 e. The molecule has 3 rings (SSSR count). The van der Waals surface area contributed by atoms with Crippen molar-refractivity contribution in [3.05, 3.63) is 77.9 Å². The molecule has 1 heterocycles. The Labute approximate surface area is 146 Å². The van der Waals surface area contributed by atoms with Crippen molar-refractivity contribution >= 4 is 24.1 Å². The van der Waals surface area contributed by atoms with E-state index >= 15 is 0 Å². The van der Waals surface area contributed by atoms with Crippen molar-refractivity contribution < 1.29 is 9.84 Å². The highest BCUT2D eigenvalue weighted by molar-refractivity contribution is 5.86. The zero-order valence-corrected chi connectivity index (χ0v) is 13.7. The van der Waals surface area contributed by atoms with E-state index in [4.69, 9.17) is 4.74 Å². The lowest BCUT2D eigenvalue weighted by atomic mass is 10.2. The molecule has 0 fully saturated rings. The largest absolute Gasteiger partial charge is 0.507 e. The second-order valence-electron chi connectivity index (χ2n) is 5.17. The van der Waals surface area contributed by atoms with Gasteiger partial charge in [0.1, 0.15) is 11.5 Å². The molecule has 0 amide bonds. The molecule has 3 aromatic rings. The van der Waals surface area contributed by atoms with E-state index in [1.165, 1.54) is 0 Å². The van der Waals surface area contributed by atoms with Crippen LogP contribution in [-0.2, 0) is 0 Å². The number of pyridine rings is 1. The topological polar surface area (TPSA) is 67.1 Å². The van der Waals surface area contributed by atoms with E-state index in [0.29, 0.717) is 17.2 Å². The Bertz CT molecular complexity index is 920. The van der Waals surface area contributed by atoms with E-state index in [9.17, 15) is 5.11 Å². The summed E-state index contributed by atoms with van der Waals surface area (Å²) in [7, 11) is 1.62. The second-order valence-corrected chi connectivity index (χ2v) is 5.17. The van der Waals surface area contributed by atoms with E-state index in [-0.39, 0.29) is 5.75 Å². The number of methoxy groups -OCH3 is 1. The first-order valence-electron chi connectivity index (χ1n) is 7.72. The predicted octanol–water partition coefficient (Wildman–Crippen LogP) is 4.30. The average molecular weight is 331 g/mol. The number of aromatic nitrogens is 1. The van der Waals surface area contributed by atoms with Gasteiger partial charge in [-0.3, -0.25) is 0 Å². The van der Waals surface area contributed by atoms with Gasteiger partial charge in [0.25, 0.3) is 0 Å². The summed E-state index contributed by atoms with van der Waals surface area (Å²) >= 11 is 0. The fourth-order valence-corrected chi connectivity index (χ4v) is 2.20.